The Morgan fingerprint density at radius 1 is 1.03 bits per heavy atom. The highest BCUT2D eigenvalue weighted by atomic mass is 35.5. The van der Waals surface area contributed by atoms with Crippen LogP contribution in [0.1, 0.15) is 35.7 Å². The van der Waals surface area contributed by atoms with Crippen molar-refractivity contribution in [3.63, 3.8) is 0 Å². The highest BCUT2D eigenvalue weighted by Gasteiger charge is 2.67. The maximum absolute atomic E-state index is 12.9. The summed E-state index contributed by atoms with van der Waals surface area (Å²) < 4.78 is 21.9. The molecule has 1 fully saturated rings. The number of hydrogen-bond donors (Lipinski definition) is 2. The van der Waals surface area contributed by atoms with Crippen LogP contribution in [0, 0.1) is 5.92 Å². The average molecular weight is 587 g/mol. The molecule has 0 spiro atoms. The van der Waals surface area contributed by atoms with Crippen LogP contribution in [0.3, 0.4) is 0 Å². The normalized spacial score (nSPS) is 19.4. The first kappa shape index (κ1) is 27.4. The van der Waals surface area contributed by atoms with Crippen LogP contribution in [0.2, 0.25) is 15.1 Å². The molecular weight excluding hydrogens is 566 g/mol. The lowest BCUT2D eigenvalue weighted by atomic mass is 10.1. The molecule has 0 aromatic heterocycles. The molecule has 3 rings (SSSR count). The van der Waals surface area contributed by atoms with Gasteiger partial charge in [0.15, 0.2) is 0 Å². The molecule has 1 saturated carbocycles. The Morgan fingerprint density at radius 3 is 2.18 bits per heavy atom. The second-order valence-electron chi connectivity index (χ2n) is 8.92. The number of carbonyl (C=O) groups excluding carboxylic acids is 2. The fraction of sp³-hybridized carbons (Fsp3) is 0.364. The monoisotopic (exact) mass is 584 g/mol. The lowest BCUT2D eigenvalue weighted by Crippen LogP contribution is -2.48. The molecule has 0 heterocycles. The molecule has 0 aliphatic heterocycles. The molecule has 2 atom stereocenters. The number of carbonyl (C=O) groups is 2. The number of sulfone groups is 1. The number of amides is 2. The molecule has 6 nitrogen and oxygen atoms in total. The summed E-state index contributed by atoms with van der Waals surface area (Å²) in [5.41, 5.74) is -0.0480. The molecule has 0 radical (unpaired) electrons. The van der Waals surface area contributed by atoms with E-state index in [1.165, 1.54) is 18.2 Å². The van der Waals surface area contributed by atoms with Crippen molar-refractivity contribution in [2.24, 2.45) is 5.92 Å². The fourth-order valence-electron chi connectivity index (χ4n) is 3.89. The summed E-state index contributed by atoms with van der Waals surface area (Å²) in [4.78, 5) is 25.7. The summed E-state index contributed by atoms with van der Waals surface area (Å²) in [6.07, 6.45) is 1.08. The maximum Gasteiger partial charge on any atom is 0.253 e. The smallest absolute Gasteiger partial charge is 0.253 e. The van der Waals surface area contributed by atoms with Crippen molar-refractivity contribution >= 4 is 85.3 Å². The van der Waals surface area contributed by atoms with E-state index in [9.17, 15) is 18.0 Å². The Labute approximate surface area is 223 Å². The van der Waals surface area contributed by atoms with Crippen molar-refractivity contribution in [3.05, 3.63) is 62.6 Å². The number of nitrogens with one attached hydrogen (secondary N) is 2. The third-order valence-corrected chi connectivity index (χ3v) is 8.09. The number of anilines is 1. The summed E-state index contributed by atoms with van der Waals surface area (Å²) in [7, 11) is -3.34. The SMILES string of the molecule is CC(C)(CS(C)(=O)=O)NC(=O)c1cc(NC(=O)[C@@H]2[C@@H](c3cc(Cl)cc(Cl)c3)C2(Cl)Cl)ccc1Cl. The summed E-state index contributed by atoms with van der Waals surface area (Å²) in [6.45, 7) is 3.17. The fourth-order valence-corrected chi connectivity index (χ4v) is 6.84. The molecule has 2 amide bonds. The molecule has 184 valence electrons. The van der Waals surface area contributed by atoms with Crippen molar-refractivity contribution in [1.29, 1.82) is 0 Å². The molecule has 0 unspecified atom stereocenters. The van der Waals surface area contributed by atoms with Gasteiger partial charge in [-0.2, -0.15) is 0 Å². The number of benzene rings is 2. The number of hydrogen-bond acceptors (Lipinski definition) is 4. The number of alkyl halides is 2. The highest BCUT2D eigenvalue weighted by molar-refractivity contribution is 7.90. The van der Waals surface area contributed by atoms with Gasteiger partial charge in [0.25, 0.3) is 5.91 Å². The lowest BCUT2D eigenvalue weighted by molar-refractivity contribution is -0.117. The molecule has 0 bridgehead atoms. The molecule has 34 heavy (non-hydrogen) atoms. The predicted molar refractivity (Wildman–Crippen MR) is 138 cm³/mol. The first-order valence-corrected chi connectivity index (χ1v) is 13.9. The zero-order valence-electron chi connectivity index (χ0n) is 18.3. The average Bonchev–Trinajstić information content (AvgIpc) is 3.22. The largest absolute Gasteiger partial charge is 0.346 e. The molecule has 1 aliphatic rings. The zero-order chi connectivity index (χ0) is 25.6. The molecule has 2 N–H and O–H groups in total. The summed E-state index contributed by atoms with van der Waals surface area (Å²) in [5.74, 6) is -2.62. The van der Waals surface area contributed by atoms with E-state index < -0.39 is 43.4 Å². The van der Waals surface area contributed by atoms with E-state index in [0.29, 0.717) is 21.3 Å². The summed E-state index contributed by atoms with van der Waals surface area (Å²) >= 11 is 31.1. The molecule has 0 saturated heterocycles. The van der Waals surface area contributed by atoms with E-state index in [0.717, 1.165) is 6.26 Å². The lowest BCUT2D eigenvalue weighted by Gasteiger charge is -2.25. The van der Waals surface area contributed by atoms with Gasteiger partial charge in [0.05, 0.1) is 22.3 Å². The standard InChI is InChI=1S/C22H21Cl5N2O4S/c1-21(2,10-34(3,32)33)29-19(30)15-9-14(4-5-16(15)25)28-20(31)18-17(22(18,26)27)11-6-12(23)8-13(24)7-11/h4-9,17-18H,10H2,1-3H3,(H,28,31)(H,29,30)/t17-,18+/m1/s1. The van der Waals surface area contributed by atoms with Gasteiger partial charge in [-0.15, -0.1) is 23.2 Å². The van der Waals surface area contributed by atoms with Gasteiger partial charge in [0.2, 0.25) is 5.91 Å². The molecule has 12 heteroatoms. The van der Waals surface area contributed by atoms with Crippen molar-refractivity contribution in [2.45, 2.75) is 29.6 Å². The van der Waals surface area contributed by atoms with Crippen LogP contribution in [0.5, 0.6) is 0 Å². The van der Waals surface area contributed by atoms with Crippen molar-refractivity contribution in [1.82, 2.24) is 5.32 Å². The molecule has 2 aromatic carbocycles. The topological polar surface area (TPSA) is 92.3 Å². The van der Waals surface area contributed by atoms with Crippen LogP contribution in [0.15, 0.2) is 36.4 Å². The summed E-state index contributed by atoms with van der Waals surface area (Å²) in [5, 5.41) is 6.28. The minimum atomic E-state index is -3.34. The van der Waals surface area contributed by atoms with Gasteiger partial charge in [0, 0.05) is 33.4 Å². The molecular formula is C22H21Cl5N2O4S. The van der Waals surface area contributed by atoms with E-state index in [1.54, 1.807) is 32.0 Å². The number of rotatable bonds is 7. The van der Waals surface area contributed by atoms with Crippen molar-refractivity contribution in [3.8, 4) is 0 Å². The Bertz CT molecular complexity index is 1240. The van der Waals surface area contributed by atoms with Crippen LogP contribution in [0.4, 0.5) is 5.69 Å². The Hall–Kier alpha value is -1.22. The molecule has 2 aromatic rings. The van der Waals surface area contributed by atoms with Crippen LogP contribution >= 0.6 is 58.0 Å². The Kier molecular flexibility index (Phi) is 7.79. The van der Waals surface area contributed by atoms with Gasteiger partial charge in [-0.25, -0.2) is 8.42 Å². The van der Waals surface area contributed by atoms with Gasteiger partial charge in [-0.1, -0.05) is 34.8 Å². The van der Waals surface area contributed by atoms with E-state index in [4.69, 9.17) is 58.0 Å². The van der Waals surface area contributed by atoms with Gasteiger partial charge < -0.3 is 10.6 Å². The predicted octanol–water partition coefficient (Wildman–Crippen LogP) is 5.73. The maximum atomic E-state index is 12.9. The van der Waals surface area contributed by atoms with Crippen LogP contribution in [-0.4, -0.2) is 42.1 Å². The van der Waals surface area contributed by atoms with Crippen LogP contribution < -0.4 is 10.6 Å². The van der Waals surface area contributed by atoms with Gasteiger partial charge in [-0.05, 0) is 55.8 Å². The molecule has 1 aliphatic carbocycles. The first-order valence-electron chi connectivity index (χ1n) is 9.95. The van der Waals surface area contributed by atoms with E-state index in [2.05, 4.69) is 10.6 Å². The highest BCUT2D eigenvalue weighted by Crippen LogP contribution is 2.65. The Morgan fingerprint density at radius 2 is 1.62 bits per heavy atom. The van der Waals surface area contributed by atoms with Crippen LogP contribution in [-0.2, 0) is 14.6 Å². The second-order valence-corrected chi connectivity index (χ2v) is 13.8. The van der Waals surface area contributed by atoms with Crippen molar-refractivity contribution < 1.29 is 18.0 Å². The van der Waals surface area contributed by atoms with Crippen LogP contribution in [0.25, 0.3) is 0 Å². The minimum Gasteiger partial charge on any atom is -0.346 e. The minimum absolute atomic E-state index is 0.0676. The Balaban J connectivity index is 1.77. The van der Waals surface area contributed by atoms with E-state index in [-0.39, 0.29) is 16.3 Å². The second kappa shape index (κ2) is 9.68. The number of halogens is 5. The third-order valence-electron chi connectivity index (χ3n) is 5.13. The van der Waals surface area contributed by atoms with Gasteiger partial charge in [-0.3, -0.25) is 9.59 Å². The quantitative estimate of drug-likeness (QED) is 0.406. The van der Waals surface area contributed by atoms with E-state index >= 15 is 0 Å². The van der Waals surface area contributed by atoms with E-state index in [1.807, 2.05) is 0 Å². The third kappa shape index (κ3) is 6.50. The van der Waals surface area contributed by atoms with Gasteiger partial charge in [0.1, 0.15) is 14.2 Å². The first-order chi connectivity index (χ1) is 15.5. The van der Waals surface area contributed by atoms with Gasteiger partial charge >= 0.3 is 0 Å². The summed E-state index contributed by atoms with van der Waals surface area (Å²) in [6, 6.07) is 9.22. The zero-order valence-corrected chi connectivity index (χ0v) is 22.9. The van der Waals surface area contributed by atoms with Crippen molar-refractivity contribution in [2.75, 3.05) is 17.3 Å².